The van der Waals surface area contributed by atoms with Crippen molar-refractivity contribution < 1.29 is 9.53 Å². The van der Waals surface area contributed by atoms with Crippen molar-refractivity contribution >= 4 is 22.6 Å². The molecule has 0 amide bonds. The first-order valence-electron chi connectivity index (χ1n) is 8.10. The van der Waals surface area contributed by atoms with E-state index in [0.717, 1.165) is 13.0 Å². The van der Waals surface area contributed by atoms with Crippen LogP contribution in [-0.2, 0) is 17.7 Å². The molecule has 0 fully saturated rings. The number of methoxy groups -OCH3 is 1. The van der Waals surface area contributed by atoms with Crippen LogP contribution in [0.2, 0.25) is 0 Å². The number of para-hydroxylation sites is 1. The maximum Gasteiger partial charge on any atom is 0.337 e. The molecule has 0 saturated carbocycles. The number of aromatic amines is 1. The van der Waals surface area contributed by atoms with Gasteiger partial charge in [-0.05, 0) is 36.2 Å². The standard InChI is InChI=1S/C19H17N3O3/c1-25-19(24)13-6-7-14-15(10-13)20-17(21-18(14)23)11-22-9-8-12-4-2-3-5-16(12)22/h2-7,10H,8-9,11H2,1H3,(H,20,21,23). The van der Waals surface area contributed by atoms with E-state index in [1.54, 1.807) is 18.2 Å². The van der Waals surface area contributed by atoms with Crippen molar-refractivity contribution in [3.63, 3.8) is 0 Å². The number of H-pyrrole nitrogens is 1. The van der Waals surface area contributed by atoms with Crippen molar-refractivity contribution in [2.24, 2.45) is 0 Å². The maximum atomic E-state index is 12.3. The van der Waals surface area contributed by atoms with Gasteiger partial charge >= 0.3 is 5.97 Å². The van der Waals surface area contributed by atoms with Gasteiger partial charge in [0.1, 0.15) is 5.82 Å². The highest BCUT2D eigenvalue weighted by Crippen LogP contribution is 2.28. The van der Waals surface area contributed by atoms with Crippen LogP contribution in [0.3, 0.4) is 0 Å². The van der Waals surface area contributed by atoms with Gasteiger partial charge in [0.2, 0.25) is 0 Å². The molecule has 0 unspecified atom stereocenters. The van der Waals surface area contributed by atoms with Crippen molar-refractivity contribution in [2.45, 2.75) is 13.0 Å². The van der Waals surface area contributed by atoms with Crippen LogP contribution in [0.5, 0.6) is 0 Å². The van der Waals surface area contributed by atoms with Gasteiger partial charge in [-0.15, -0.1) is 0 Å². The van der Waals surface area contributed by atoms with Gasteiger partial charge in [-0.1, -0.05) is 18.2 Å². The molecule has 1 aromatic heterocycles. The molecule has 0 aliphatic carbocycles. The quantitative estimate of drug-likeness (QED) is 0.743. The number of nitrogens with one attached hydrogen (secondary N) is 1. The molecule has 1 aliphatic heterocycles. The first kappa shape index (κ1) is 15.4. The first-order valence-corrected chi connectivity index (χ1v) is 8.10. The zero-order valence-corrected chi connectivity index (χ0v) is 13.8. The number of rotatable bonds is 3. The molecular formula is C19H17N3O3. The number of nitrogens with zero attached hydrogens (tertiary/aromatic N) is 2. The summed E-state index contributed by atoms with van der Waals surface area (Å²) in [5.41, 5.74) is 3.15. The van der Waals surface area contributed by atoms with Crippen LogP contribution in [0.15, 0.2) is 47.3 Å². The average molecular weight is 335 g/mol. The molecular weight excluding hydrogens is 318 g/mol. The third kappa shape index (κ3) is 2.76. The molecule has 1 N–H and O–H groups in total. The number of hydrogen-bond donors (Lipinski definition) is 1. The highest BCUT2D eigenvalue weighted by molar-refractivity contribution is 5.93. The normalized spacial score (nSPS) is 13.1. The van der Waals surface area contributed by atoms with Gasteiger partial charge < -0.3 is 14.6 Å². The van der Waals surface area contributed by atoms with E-state index in [1.165, 1.54) is 18.4 Å². The van der Waals surface area contributed by atoms with E-state index in [1.807, 2.05) is 12.1 Å². The Hall–Kier alpha value is -3.15. The lowest BCUT2D eigenvalue weighted by molar-refractivity contribution is 0.0601. The summed E-state index contributed by atoms with van der Waals surface area (Å²) in [4.78, 5) is 33.6. The Labute approximate surface area is 144 Å². The lowest BCUT2D eigenvalue weighted by Crippen LogP contribution is -2.23. The topological polar surface area (TPSA) is 75.3 Å². The molecule has 2 heterocycles. The zero-order valence-electron chi connectivity index (χ0n) is 13.8. The number of carbonyl (C=O) groups excluding carboxylic acids is 1. The lowest BCUT2D eigenvalue weighted by Gasteiger charge is -2.18. The number of carbonyl (C=O) groups is 1. The fraction of sp³-hybridized carbons (Fsp3) is 0.211. The van der Waals surface area contributed by atoms with Crippen LogP contribution < -0.4 is 10.5 Å². The lowest BCUT2D eigenvalue weighted by atomic mass is 10.1. The Kier molecular flexibility index (Phi) is 3.72. The molecule has 3 aromatic rings. The minimum Gasteiger partial charge on any atom is -0.465 e. The van der Waals surface area contributed by atoms with Crippen molar-refractivity contribution in [1.82, 2.24) is 9.97 Å². The molecule has 25 heavy (non-hydrogen) atoms. The Balaban J connectivity index is 1.71. The van der Waals surface area contributed by atoms with E-state index in [2.05, 4.69) is 27.0 Å². The van der Waals surface area contributed by atoms with Gasteiger partial charge in [-0.25, -0.2) is 9.78 Å². The van der Waals surface area contributed by atoms with Crippen LogP contribution in [-0.4, -0.2) is 29.6 Å². The third-order valence-electron chi connectivity index (χ3n) is 4.50. The molecule has 6 heteroatoms. The van der Waals surface area contributed by atoms with E-state index in [4.69, 9.17) is 4.74 Å². The van der Waals surface area contributed by atoms with Gasteiger partial charge in [0, 0.05) is 12.2 Å². The largest absolute Gasteiger partial charge is 0.465 e. The number of ether oxygens (including phenoxy) is 1. The molecule has 0 bridgehead atoms. The van der Waals surface area contributed by atoms with E-state index in [-0.39, 0.29) is 5.56 Å². The van der Waals surface area contributed by atoms with E-state index < -0.39 is 5.97 Å². The number of esters is 1. The second kappa shape index (κ2) is 6.05. The van der Waals surface area contributed by atoms with E-state index in [9.17, 15) is 9.59 Å². The van der Waals surface area contributed by atoms with Gasteiger partial charge in [0.25, 0.3) is 5.56 Å². The number of fused-ring (bicyclic) bond motifs is 2. The minimum atomic E-state index is -0.445. The number of hydrogen-bond acceptors (Lipinski definition) is 5. The fourth-order valence-corrected chi connectivity index (χ4v) is 3.26. The predicted octanol–water partition coefficient (Wildman–Crippen LogP) is 2.27. The highest BCUT2D eigenvalue weighted by atomic mass is 16.5. The molecule has 0 atom stereocenters. The van der Waals surface area contributed by atoms with Crippen LogP contribution in [0.1, 0.15) is 21.7 Å². The SMILES string of the molecule is COC(=O)c1ccc2c(=O)[nH]c(CN3CCc4ccccc43)nc2c1. The number of anilines is 1. The summed E-state index contributed by atoms with van der Waals surface area (Å²) >= 11 is 0. The maximum absolute atomic E-state index is 12.3. The van der Waals surface area contributed by atoms with E-state index in [0.29, 0.717) is 28.8 Å². The fourth-order valence-electron chi connectivity index (χ4n) is 3.26. The number of aromatic nitrogens is 2. The van der Waals surface area contributed by atoms with Crippen LogP contribution in [0.25, 0.3) is 10.9 Å². The second-order valence-electron chi connectivity index (χ2n) is 6.04. The van der Waals surface area contributed by atoms with Crippen molar-refractivity contribution in [3.05, 3.63) is 69.8 Å². The van der Waals surface area contributed by atoms with Gasteiger partial charge in [0.05, 0.1) is 30.1 Å². The summed E-state index contributed by atoms with van der Waals surface area (Å²) in [6.45, 7) is 1.41. The van der Waals surface area contributed by atoms with Crippen molar-refractivity contribution in [2.75, 3.05) is 18.6 Å². The predicted molar refractivity (Wildman–Crippen MR) is 94.9 cm³/mol. The molecule has 6 nitrogen and oxygen atoms in total. The van der Waals surface area contributed by atoms with Crippen molar-refractivity contribution in [3.8, 4) is 0 Å². The summed E-state index contributed by atoms with van der Waals surface area (Å²) in [5, 5.41) is 0.457. The molecule has 0 radical (unpaired) electrons. The van der Waals surface area contributed by atoms with Crippen LogP contribution in [0.4, 0.5) is 5.69 Å². The summed E-state index contributed by atoms with van der Waals surface area (Å²) in [6.07, 6.45) is 0.987. The molecule has 4 rings (SSSR count). The molecule has 0 saturated heterocycles. The summed E-state index contributed by atoms with van der Waals surface area (Å²) in [7, 11) is 1.33. The van der Waals surface area contributed by atoms with Crippen LogP contribution in [0, 0.1) is 0 Å². The summed E-state index contributed by atoms with van der Waals surface area (Å²) in [5.74, 6) is 0.134. The molecule has 2 aromatic carbocycles. The third-order valence-corrected chi connectivity index (χ3v) is 4.50. The monoisotopic (exact) mass is 335 g/mol. The van der Waals surface area contributed by atoms with Gasteiger partial charge in [0.15, 0.2) is 0 Å². The summed E-state index contributed by atoms with van der Waals surface area (Å²) in [6, 6.07) is 13.0. The van der Waals surface area contributed by atoms with Gasteiger partial charge in [-0.2, -0.15) is 0 Å². The molecule has 1 aliphatic rings. The second-order valence-corrected chi connectivity index (χ2v) is 6.04. The smallest absolute Gasteiger partial charge is 0.337 e. The average Bonchev–Trinajstić information content (AvgIpc) is 3.03. The first-order chi connectivity index (χ1) is 12.2. The molecule has 0 spiro atoms. The zero-order chi connectivity index (χ0) is 17.4. The van der Waals surface area contributed by atoms with Crippen molar-refractivity contribution in [1.29, 1.82) is 0 Å². The Morgan fingerprint density at radius 2 is 2.12 bits per heavy atom. The Bertz CT molecular complexity index is 1030. The Morgan fingerprint density at radius 1 is 1.28 bits per heavy atom. The highest BCUT2D eigenvalue weighted by Gasteiger charge is 2.19. The Morgan fingerprint density at radius 3 is 2.96 bits per heavy atom. The number of benzene rings is 2. The van der Waals surface area contributed by atoms with Crippen LogP contribution >= 0.6 is 0 Å². The molecule has 126 valence electrons. The minimum absolute atomic E-state index is 0.205. The summed E-state index contributed by atoms with van der Waals surface area (Å²) < 4.78 is 4.73. The van der Waals surface area contributed by atoms with E-state index >= 15 is 0 Å². The van der Waals surface area contributed by atoms with Gasteiger partial charge in [-0.3, -0.25) is 4.79 Å².